The van der Waals surface area contributed by atoms with Crippen molar-refractivity contribution in [2.75, 3.05) is 0 Å². The lowest BCUT2D eigenvalue weighted by Crippen LogP contribution is -2.27. The first-order valence-electron chi connectivity index (χ1n) is 5.21. The Morgan fingerprint density at radius 2 is 1.50 bits per heavy atom. The van der Waals surface area contributed by atoms with E-state index in [0.717, 1.165) is 6.92 Å². The number of rotatable bonds is 5. The molecule has 0 fully saturated rings. The van der Waals surface area contributed by atoms with E-state index >= 15 is 0 Å². The minimum atomic E-state index is -4.32. The van der Waals surface area contributed by atoms with E-state index in [1.807, 2.05) is 0 Å². The second-order valence-corrected chi connectivity index (χ2v) is 4.01. The molecule has 0 saturated carbocycles. The Morgan fingerprint density at radius 1 is 1.00 bits per heavy atom. The third-order valence-electron chi connectivity index (χ3n) is 2.78. The summed E-state index contributed by atoms with van der Waals surface area (Å²) in [7, 11) is 0. The normalized spacial score (nSPS) is 17.2. The fourth-order valence-corrected chi connectivity index (χ4v) is 1.64. The van der Waals surface area contributed by atoms with Crippen LogP contribution in [0, 0.1) is 11.8 Å². The Labute approximate surface area is 91.0 Å². The predicted molar refractivity (Wildman–Crippen MR) is 48.9 cm³/mol. The van der Waals surface area contributed by atoms with E-state index in [2.05, 4.69) is 0 Å². The summed E-state index contributed by atoms with van der Waals surface area (Å²) in [5.41, 5.74) is 0. The zero-order chi connectivity index (χ0) is 13.0. The van der Waals surface area contributed by atoms with Gasteiger partial charge in [-0.15, -0.1) is 0 Å². The van der Waals surface area contributed by atoms with Gasteiger partial charge in [-0.05, 0) is 18.8 Å². The van der Waals surface area contributed by atoms with Crippen molar-refractivity contribution in [2.24, 2.45) is 11.8 Å². The molecular weight excluding hydrogens is 234 g/mol. The minimum absolute atomic E-state index is 0.0311. The number of hydrogen-bond donors (Lipinski definition) is 0. The molecule has 0 aromatic carbocycles. The topological polar surface area (TPSA) is 0 Å². The van der Waals surface area contributed by atoms with Crippen LogP contribution in [0.25, 0.3) is 0 Å². The van der Waals surface area contributed by atoms with Crippen LogP contribution in [-0.2, 0) is 0 Å². The molecular formula is C10H16F6. The Morgan fingerprint density at radius 3 is 1.81 bits per heavy atom. The van der Waals surface area contributed by atoms with E-state index < -0.39 is 30.6 Å². The van der Waals surface area contributed by atoms with Gasteiger partial charge in [0, 0.05) is 6.42 Å². The van der Waals surface area contributed by atoms with Crippen LogP contribution < -0.4 is 0 Å². The molecule has 0 bridgehead atoms. The molecule has 6 heteroatoms. The zero-order valence-corrected chi connectivity index (χ0v) is 9.25. The summed E-state index contributed by atoms with van der Waals surface area (Å²) in [6.07, 6.45) is -9.62. The molecule has 0 aliphatic carbocycles. The van der Waals surface area contributed by atoms with Crippen molar-refractivity contribution in [1.82, 2.24) is 0 Å². The van der Waals surface area contributed by atoms with Crippen LogP contribution >= 0.6 is 0 Å². The van der Waals surface area contributed by atoms with Gasteiger partial charge in [-0.2, -0.15) is 26.3 Å². The highest BCUT2D eigenvalue weighted by atomic mass is 19.4. The van der Waals surface area contributed by atoms with Crippen LogP contribution in [-0.4, -0.2) is 12.4 Å². The van der Waals surface area contributed by atoms with Crippen LogP contribution in [0.5, 0.6) is 0 Å². The highest BCUT2D eigenvalue weighted by Gasteiger charge is 2.40. The largest absolute Gasteiger partial charge is 0.391 e. The lowest BCUT2D eigenvalue weighted by atomic mass is 9.86. The summed E-state index contributed by atoms with van der Waals surface area (Å²) >= 11 is 0. The van der Waals surface area contributed by atoms with E-state index in [1.54, 1.807) is 6.92 Å². The second-order valence-electron chi connectivity index (χ2n) is 4.01. The van der Waals surface area contributed by atoms with Crippen molar-refractivity contribution in [3.05, 3.63) is 0 Å². The average molecular weight is 250 g/mol. The Kier molecular flexibility index (Phi) is 5.62. The molecule has 0 spiro atoms. The van der Waals surface area contributed by atoms with Crippen LogP contribution in [0.3, 0.4) is 0 Å². The van der Waals surface area contributed by atoms with Gasteiger partial charge in [0.15, 0.2) is 0 Å². The van der Waals surface area contributed by atoms with Crippen molar-refractivity contribution in [3.8, 4) is 0 Å². The maximum Gasteiger partial charge on any atom is 0.391 e. The zero-order valence-electron chi connectivity index (χ0n) is 9.25. The summed E-state index contributed by atoms with van der Waals surface area (Å²) in [4.78, 5) is 0. The van der Waals surface area contributed by atoms with Gasteiger partial charge in [0.05, 0.1) is 5.92 Å². The van der Waals surface area contributed by atoms with Crippen LogP contribution in [0.2, 0.25) is 0 Å². The van der Waals surface area contributed by atoms with Gasteiger partial charge in [0.2, 0.25) is 0 Å². The Bertz CT molecular complexity index is 192. The van der Waals surface area contributed by atoms with Gasteiger partial charge in [0.25, 0.3) is 0 Å². The molecule has 0 aliphatic rings. The monoisotopic (exact) mass is 250 g/mol. The molecule has 0 amide bonds. The molecule has 0 aromatic heterocycles. The summed E-state index contributed by atoms with van der Waals surface area (Å²) in [6.45, 7) is 2.60. The van der Waals surface area contributed by atoms with Crippen molar-refractivity contribution in [1.29, 1.82) is 0 Å². The smallest absolute Gasteiger partial charge is 0.171 e. The maximum absolute atomic E-state index is 12.3. The molecule has 2 unspecified atom stereocenters. The molecule has 0 aliphatic heterocycles. The first-order chi connectivity index (χ1) is 7.08. The number of halogens is 6. The minimum Gasteiger partial charge on any atom is -0.171 e. The predicted octanol–water partition coefficient (Wildman–Crippen LogP) is 4.94. The van der Waals surface area contributed by atoms with Crippen LogP contribution in [0.15, 0.2) is 0 Å². The van der Waals surface area contributed by atoms with E-state index in [1.165, 1.54) is 0 Å². The number of alkyl halides is 6. The van der Waals surface area contributed by atoms with Gasteiger partial charge >= 0.3 is 12.4 Å². The molecule has 0 N–H and O–H groups in total. The van der Waals surface area contributed by atoms with E-state index in [9.17, 15) is 26.3 Å². The summed E-state index contributed by atoms with van der Waals surface area (Å²) < 4.78 is 72.4. The van der Waals surface area contributed by atoms with Crippen LogP contribution in [0.1, 0.15) is 39.5 Å². The van der Waals surface area contributed by atoms with Crippen molar-refractivity contribution in [2.45, 2.75) is 51.9 Å². The maximum atomic E-state index is 12.3. The summed E-state index contributed by atoms with van der Waals surface area (Å²) in [5, 5.41) is 0. The standard InChI is InChI=1S/C10H16F6/c1-3-8(7(2)10(14,15)16)5-4-6-9(11,12)13/h7-8H,3-6H2,1-2H3. The summed E-state index contributed by atoms with van der Waals surface area (Å²) in [6, 6.07) is 0. The molecule has 0 rings (SSSR count). The van der Waals surface area contributed by atoms with Gasteiger partial charge < -0.3 is 0 Å². The quantitative estimate of drug-likeness (QED) is 0.606. The molecule has 0 saturated heterocycles. The summed E-state index contributed by atoms with van der Waals surface area (Å²) in [5.74, 6) is -2.26. The lowest BCUT2D eigenvalue weighted by molar-refractivity contribution is -0.185. The highest BCUT2D eigenvalue weighted by Crippen LogP contribution is 2.36. The van der Waals surface area contributed by atoms with Gasteiger partial charge in [-0.3, -0.25) is 0 Å². The van der Waals surface area contributed by atoms with Gasteiger partial charge in [-0.25, -0.2) is 0 Å². The van der Waals surface area contributed by atoms with Crippen molar-refractivity contribution >= 4 is 0 Å². The van der Waals surface area contributed by atoms with Crippen LogP contribution in [0.4, 0.5) is 26.3 Å². The average Bonchev–Trinajstić information content (AvgIpc) is 2.08. The molecule has 98 valence electrons. The fourth-order valence-electron chi connectivity index (χ4n) is 1.64. The molecule has 16 heavy (non-hydrogen) atoms. The lowest BCUT2D eigenvalue weighted by Gasteiger charge is -2.25. The second kappa shape index (κ2) is 5.77. The van der Waals surface area contributed by atoms with Crippen molar-refractivity contribution in [3.63, 3.8) is 0 Å². The van der Waals surface area contributed by atoms with E-state index in [4.69, 9.17) is 0 Å². The van der Waals surface area contributed by atoms with Crippen molar-refractivity contribution < 1.29 is 26.3 Å². The molecule has 0 nitrogen and oxygen atoms in total. The third-order valence-corrected chi connectivity index (χ3v) is 2.78. The Hall–Kier alpha value is -0.420. The molecule has 0 radical (unpaired) electrons. The first kappa shape index (κ1) is 15.6. The third kappa shape index (κ3) is 6.23. The van der Waals surface area contributed by atoms with Gasteiger partial charge in [0.1, 0.15) is 0 Å². The molecule has 0 aromatic rings. The Balaban J connectivity index is 4.12. The molecule has 0 heterocycles. The van der Waals surface area contributed by atoms with E-state index in [-0.39, 0.29) is 19.3 Å². The number of hydrogen-bond acceptors (Lipinski definition) is 0. The highest BCUT2D eigenvalue weighted by molar-refractivity contribution is 4.72. The molecule has 2 atom stereocenters. The SMILES string of the molecule is CCC(CCCC(F)(F)F)C(C)C(F)(F)F. The first-order valence-corrected chi connectivity index (χ1v) is 5.21. The van der Waals surface area contributed by atoms with Gasteiger partial charge in [-0.1, -0.05) is 20.3 Å². The van der Waals surface area contributed by atoms with E-state index in [0.29, 0.717) is 0 Å². The fraction of sp³-hybridized carbons (Fsp3) is 1.00.